The summed E-state index contributed by atoms with van der Waals surface area (Å²) >= 11 is 0. The first-order valence-electron chi connectivity index (χ1n) is 6.19. The molecule has 1 aromatic heterocycles. The third kappa shape index (κ3) is 3.52. The lowest BCUT2D eigenvalue weighted by Crippen LogP contribution is -2.40. The van der Waals surface area contributed by atoms with Crippen LogP contribution in [0.1, 0.15) is 18.0 Å². The van der Waals surface area contributed by atoms with Crippen LogP contribution in [-0.4, -0.2) is 49.6 Å². The lowest BCUT2D eigenvalue weighted by molar-refractivity contribution is 0.0679. The van der Waals surface area contributed by atoms with Gasteiger partial charge in [0, 0.05) is 51.2 Å². The van der Waals surface area contributed by atoms with Gasteiger partial charge in [0.2, 0.25) is 0 Å². The smallest absolute Gasteiger partial charge is 0.0948 e. The average molecular weight is 239 g/mol. The third-order valence-corrected chi connectivity index (χ3v) is 3.06. The Morgan fingerprint density at radius 1 is 1.41 bits per heavy atom. The maximum absolute atomic E-state index is 5.44. The van der Waals surface area contributed by atoms with Gasteiger partial charge in [-0.3, -0.25) is 0 Å². The molecule has 1 N–H and O–H groups in total. The topological polar surface area (TPSA) is 48.3 Å². The average Bonchev–Trinajstić information content (AvgIpc) is 2.69. The van der Waals surface area contributed by atoms with Crippen LogP contribution in [0.3, 0.4) is 0 Å². The summed E-state index contributed by atoms with van der Waals surface area (Å²) in [6, 6.07) is 0. The van der Waals surface area contributed by atoms with Gasteiger partial charge in [0.1, 0.15) is 0 Å². The normalized spacial score (nSPS) is 16.1. The molecule has 17 heavy (non-hydrogen) atoms. The Morgan fingerprint density at radius 3 is 3.00 bits per heavy atom. The van der Waals surface area contributed by atoms with E-state index in [2.05, 4.69) is 14.9 Å². The van der Waals surface area contributed by atoms with Crippen LogP contribution >= 0.6 is 0 Å². The number of methoxy groups -OCH3 is 1. The van der Waals surface area contributed by atoms with Crippen molar-refractivity contribution in [1.29, 1.82) is 0 Å². The molecule has 1 saturated heterocycles. The molecule has 0 aromatic carbocycles. The zero-order valence-electron chi connectivity index (χ0n) is 10.4. The monoisotopic (exact) mass is 239 g/mol. The molecule has 0 radical (unpaired) electrons. The van der Waals surface area contributed by atoms with Crippen LogP contribution in [0, 0.1) is 0 Å². The van der Waals surface area contributed by atoms with E-state index in [-0.39, 0.29) is 0 Å². The molecule has 0 saturated carbocycles. The van der Waals surface area contributed by atoms with Crippen LogP contribution in [0.4, 0.5) is 0 Å². The first-order valence-corrected chi connectivity index (χ1v) is 6.19. The number of imidazole rings is 1. The molecule has 1 aliphatic rings. The molecule has 0 bridgehead atoms. The van der Waals surface area contributed by atoms with Gasteiger partial charge in [-0.1, -0.05) is 0 Å². The number of ether oxygens (including phenoxy) is 2. The summed E-state index contributed by atoms with van der Waals surface area (Å²) in [5, 5.41) is 3.29. The molecule has 0 amide bonds. The molecular formula is C12H21N3O2. The summed E-state index contributed by atoms with van der Waals surface area (Å²) in [7, 11) is 1.69. The molecule has 5 heteroatoms. The van der Waals surface area contributed by atoms with Crippen LogP contribution in [0.25, 0.3) is 0 Å². The minimum Gasteiger partial charge on any atom is -0.382 e. The SMILES string of the molecule is COCCOCCCn1cncc1C1CNC1. The molecule has 0 aliphatic carbocycles. The van der Waals surface area contributed by atoms with Gasteiger partial charge in [-0.15, -0.1) is 0 Å². The fourth-order valence-corrected chi connectivity index (χ4v) is 1.94. The molecule has 0 spiro atoms. The van der Waals surface area contributed by atoms with Crippen molar-refractivity contribution in [3.8, 4) is 0 Å². The first kappa shape index (κ1) is 12.5. The van der Waals surface area contributed by atoms with Crippen LogP contribution in [0.2, 0.25) is 0 Å². The Hall–Kier alpha value is -0.910. The molecule has 1 fully saturated rings. The van der Waals surface area contributed by atoms with E-state index in [9.17, 15) is 0 Å². The second kappa shape index (κ2) is 6.74. The van der Waals surface area contributed by atoms with Gasteiger partial charge >= 0.3 is 0 Å². The predicted molar refractivity (Wildman–Crippen MR) is 65.1 cm³/mol. The molecule has 0 unspecified atom stereocenters. The fraction of sp³-hybridized carbons (Fsp3) is 0.750. The van der Waals surface area contributed by atoms with Crippen molar-refractivity contribution < 1.29 is 9.47 Å². The van der Waals surface area contributed by atoms with E-state index in [1.165, 1.54) is 5.69 Å². The van der Waals surface area contributed by atoms with Crippen LogP contribution in [0.15, 0.2) is 12.5 Å². The maximum Gasteiger partial charge on any atom is 0.0948 e. The van der Waals surface area contributed by atoms with Gasteiger partial charge in [-0.2, -0.15) is 0 Å². The number of nitrogens with one attached hydrogen (secondary N) is 1. The number of hydrogen-bond acceptors (Lipinski definition) is 4. The second-order valence-electron chi connectivity index (χ2n) is 4.33. The van der Waals surface area contributed by atoms with Gasteiger partial charge in [-0.25, -0.2) is 4.98 Å². The second-order valence-corrected chi connectivity index (χ2v) is 4.33. The molecule has 0 atom stereocenters. The summed E-state index contributed by atoms with van der Waals surface area (Å²) in [5.41, 5.74) is 1.35. The van der Waals surface area contributed by atoms with E-state index >= 15 is 0 Å². The fourth-order valence-electron chi connectivity index (χ4n) is 1.94. The molecule has 1 aromatic rings. The van der Waals surface area contributed by atoms with Crippen LogP contribution < -0.4 is 5.32 Å². The van der Waals surface area contributed by atoms with Crippen molar-refractivity contribution in [2.45, 2.75) is 18.9 Å². The van der Waals surface area contributed by atoms with Gasteiger partial charge in [0.25, 0.3) is 0 Å². The summed E-state index contributed by atoms with van der Waals surface area (Å²) in [4.78, 5) is 4.23. The minimum atomic E-state index is 0.645. The molecule has 2 rings (SSSR count). The summed E-state index contributed by atoms with van der Waals surface area (Å²) in [5.74, 6) is 0.645. The van der Waals surface area contributed by atoms with E-state index in [1.807, 2.05) is 12.5 Å². The highest BCUT2D eigenvalue weighted by Gasteiger charge is 2.21. The van der Waals surface area contributed by atoms with E-state index in [0.717, 1.165) is 32.7 Å². The molecular weight excluding hydrogens is 218 g/mol. The quantitative estimate of drug-likeness (QED) is 0.676. The number of rotatable bonds is 8. The first-order chi connectivity index (χ1) is 8.42. The van der Waals surface area contributed by atoms with Crippen LogP contribution in [0.5, 0.6) is 0 Å². The maximum atomic E-state index is 5.44. The van der Waals surface area contributed by atoms with Crippen molar-refractivity contribution in [3.63, 3.8) is 0 Å². The Bertz CT molecular complexity index is 323. The highest BCUT2D eigenvalue weighted by Crippen LogP contribution is 2.19. The number of aromatic nitrogens is 2. The largest absolute Gasteiger partial charge is 0.382 e. The standard InChI is InChI=1S/C12H21N3O2/c1-16-5-6-17-4-2-3-15-10-14-9-12(15)11-7-13-8-11/h9-11,13H,2-8H2,1H3. The lowest BCUT2D eigenvalue weighted by Gasteiger charge is -2.27. The zero-order chi connectivity index (χ0) is 11.9. The van der Waals surface area contributed by atoms with Gasteiger partial charge in [0.05, 0.1) is 19.5 Å². The Morgan fingerprint density at radius 2 is 2.29 bits per heavy atom. The number of aryl methyl sites for hydroxylation is 1. The minimum absolute atomic E-state index is 0.645. The van der Waals surface area contributed by atoms with Gasteiger partial charge in [0.15, 0.2) is 0 Å². The Labute approximate surface area is 102 Å². The highest BCUT2D eigenvalue weighted by atomic mass is 16.5. The van der Waals surface area contributed by atoms with E-state index in [0.29, 0.717) is 19.1 Å². The number of hydrogen-bond donors (Lipinski definition) is 1. The Kier molecular flexibility index (Phi) is 4.97. The Balaban J connectivity index is 1.66. The van der Waals surface area contributed by atoms with Gasteiger partial charge < -0.3 is 19.4 Å². The zero-order valence-corrected chi connectivity index (χ0v) is 10.4. The molecule has 2 heterocycles. The molecule has 1 aliphatic heterocycles. The van der Waals surface area contributed by atoms with E-state index in [1.54, 1.807) is 7.11 Å². The summed E-state index contributed by atoms with van der Waals surface area (Å²) < 4.78 is 12.6. The molecule has 96 valence electrons. The van der Waals surface area contributed by atoms with Gasteiger partial charge in [-0.05, 0) is 6.42 Å². The van der Waals surface area contributed by atoms with Crippen molar-refractivity contribution >= 4 is 0 Å². The van der Waals surface area contributed by atoms with Crippen molar-refractivity contribution in [2.24, 2.45) is 0 Å². The van der Waals surface area contributed by atoms with Crippen molar-refractivity contribution in [3.05, 3.63) is 18.2 Å². The third-order valence-electron chi connectivity index (χ3n) is 3.06. The van der Waals surface area contributed by atoms with E-state index < -0.39 is 0 Å². The molecule has 5 nitrogen and oxygen atoms in total. The number of nitrogens with zero attached hydrogens (tertiary/aromatic N) is 2. The highest BCUT2D eigenvalue weighted by molar-refractivity contribution is 5.11. The predicted octanol–water partition coefficient (Wildman–Crippen LogP) is 0.623. The summed E-state index contributed by atoms with van der Waals surface area (Å²) in [6.07, 6.45) is 4.92. The van der Waals surface area contributed by atoms with Crippen molar-refractivity contribution in [1.82, 2.24) is 14.9 Å². The van der Waals surface area contributed by atoms with Crippen LogP contribution in [-0.2, 0) is 16.0 Å². The van der Waals surface area contributed by atoms with Crippen molar-refractivity contribution in [2.75, 3.05) is 40.0 Å². The van der Waals surface area contributed by atoms with E-state index in [4.69, 9.17) is 9.47 Å². The summed E-state index contributed by atoms with van der Waals surface area (Å²) in [6.45, 7) is 5.28. The lowest BCUT2D eigenvalue weighted by atomic mass is 10.00.